The van der Waals surface area contributed by atoms with E-state index >= 15 is 0 Å². The fourth-order valence-corrected chi connectivity index (χ4v) is 8.19. The van der Waals surface area contributed by atoms with Crippen LogP contribution in [0.5, 0.6) is 0 Å². The van der Waals surface area contributed by atoms with Crippen molar-refractivity contribution >= 4 is 18.0 Å². The Morgan fingerprint density at radius 2 is 2.03 bits per heavy atom. The lowest BCUT2D eigenvalue weighted by Crippen LogP contribution is -2.54. The highest BCUT2D eigenvalue weighted by molar-refractivity contribution is 5.86. The van der Waals surface area contributed by atoms with Crippen LogP contribution in [0.15, 0.2) is 18.5 Å². The zero-order valence-corrected chi connectivity index (χ0v) is 19.8. The number of carbonyl (C=O) groups is 2. The largest absolute Gasteiger partial charge is 0.467 e. The molecule has 8 atom stereocenters. The summed E-state index contributed by atoms with van der Waals surface area (Å²) in [7, 11) is 1.38. The van der Waals surface area contributed by atoms with Gasteiger partial charge in [-0.1, -0.05) is 26.8 Å². The zero-order chi connectivity index (χ0) is 22.7. The van der Waals surface area contributed by atoms with Gasteiger partial charge >= 0.3 is 5.97 Å². The van der Waals surface area contributed by atoms with E-state index in [4.69, 9.17) is 4.74 Å². The third-order valence-corrected chi connectivity index (χ3v) is 9.88. The molecule has 174 valence electrons. The third kappa shape index (κ3) is 3.01. The number of hydrogen-bond acceptors (Lipinski definition) is 4. The summed E-state index contributed by atoms with van der Waals surface area (Å²) in [4.78, 5) is 29.9. The Morgan fingerprint density at radius 1 is 1.22 bits per heavy atom. The Balaban J connectivity index is 1.36. The molecule has 1 amide bonds. The van der Waals surface area contributed by atoms with Gasteiger partial charge in [0.05, 0.1) is 7.11 Å². The average Bonchev–Trinajstić information content (AvgIpc) is 3.40. The fourth-order valence-electron chi connectivity index (χ4n) is 8.19. The van der Waals surface area contributed by atoms with Gasteiger partial charge in [-0.3, -0.25) is 4.79 Å². The number of esters is 1. The summed E-state index contributed by atoms with van der Waals surface area (Å²) in [5.74, 6) is 2.65. The number of amides is 1. The molecule has 32 heavy (non-hydrogen) atoms. The van der Waals surface area contributed by atoms with Crippen LogP contribution in [0.4, 0.5) is 0 Å². The molecular formula is C26H37N3O3. The van der Waals surface area contributed by atoms with Crippen LogP contribution in [0.3, 0.4) is 0 Å². The van der Waals surface area contributed by atoms with Crippen molar-refractivity contribution in [1.82, 2.24) is 14.9 Å². The number of ether oxygens (including phenoxy) is 1. The summed E-state index contributed by atoms with van der Waals surface area (Å²) in [5, 5.41) is 3.02. The van der Waals surface area contributed by atoms with E-state index in [0.29, 0.717) is 30.2 Å². The lowest BCUT2D eigenvalue weighted by molar-refractivity contribution is -0.147. The van der Waals surface area contributed by atoms with Crippen molar-refractivity contribution < 1.29 is 14.3 Å². The molecule has 1 aromatic heterocycles. The third-order valence-electron chi connectivity index (χ3n) is 9.88. The second-order valence-electron chi connectivity index (χ2n) is 11.0. The summed E-state index contributed by atoms with van der Waals surface area (Å²) in [6.45, 7) is 6.72. The normalized spacial score (nSPS) is 40.4. The van der Waals surface area contributed by atoms with Gasteiger partial charge in [-0.15, -0.1) is 0 Å². The van der Waals surface area contributed by atoms with Crippen molar-refractivity contribution in [3.8, 4) is 0 Å². The number of fused-ring (bicyclic) bond motifs is 7. The van der Waals surface area contributed by atoms with E-state index < -0.39 is 6.04 Å². The number of methoxy groups -OCH3 is 1. The molecular weight excluding hydrogens is 402 g/mol. The summed E-state index contributed by atoms with van der Waals surface area (Å²) in [6, 6.07) is -0.0564. The van der Waals surface area contributed by atoms with Crippen molar-refractivity contribution in [3.05, 3.63) is 24.3 Å². The summed E-state index contributed by atoms with van der Waals surface area (Å²) >= 11 is 0. The molecule has 0 aromatic carbocycles. The predicted octanol–water partition coefficient (Wildman–Crippen LogP) is 4.38. The minimum atomic E-state index is -0.544. The Morgan fingerprint density at radius 3 is 2.78 bits per heavy atom. The molecule has 0 saturated heterocycles. The van der Waals surface area contributed by atoms with E-state index in [-0.39, 0.29) is 28.6 Å². The van der Waals surface area contributed by atoms with Crippen molar-refractivity contribution in [2.24, 2.45) is 34.5 Å². The first-order valence-electron chi connectivity index (χ1n) is 12.4. The minimum absolute atomic E-state index is 0.0140. The van der Waals surface area contributed by atoms with Gasteiger partial charge in [0.25, 0.3) is 0 Å². The topological polar surface area (TPSA) is 73.2 Å². The highest BCUT2D eigenvalue weighted by Crippen LogP contribution is 2.67. The first-order chi connectivity index (χ1) is 15.3. The average molecular weight is 440 g/mol. The Labute approximate surface area is 191 Å². The number of imidazole rings is 1. The summed E-state index contributed by atoms with van der Waals surface area (Å²) in [6.07, 6.45) is 16.0. The Kier molecular flexibility index (Phi) is 5.25. The summed E-state index contributed by atoms with van der Waals surface area (Å²) in [5.41, 5.74) is 0.165. The first-order valence-corrected chi connectivity index (χ1v) is 12.4. The number of aromatic nitrogens is 2. The number of hydrogen-bond donors (Lipinski definition) is 1. The number of nitrogens with one attached hydrogen (secondary N) is 1. The maximum Gasteiger partial charge on any atom is 0.328 e. The fraction of sp³-hybridized carbons (Fsp3) is 0.731. The number of allylic oxidation sites excluding steroid dienone is 1. The Bertz CT molecular complexity index is 939. The van der Waals surface area contributed by atoms with Gasteiger partial charge in [0.2, 0.25) is 5.91 Å². The van der Waals surface area contributed by atoms with Crippen LogP contribution in [0.1, 0.15) is 77.6 Å². The minimum Gasteiger partial charge on any atom is -0.467 e. The van der Waals surface area contributed by atoms with Crippen molar-refractivity contribution in [2.45, 2.75) is 77.8 Å². The second-order valence-corrected chi connectivity index (χ2v) is 11.0. The maximum atomic E-state index is 13.3. The molecule has 1 N–H and O–H groups in total. The van der Waals surface area contributed by atoms with Crippen molar-refractivity contribution in [1.29, 1.82) is 0 Å². The number of carbonyl (C=O) groups excluding carboxylic acids is 2. The predicted molar refractivity (Wildman–Crippen MR) is 122 cm³/mol. The zero-order valence-electron chi connectivity index (χ0n) is 19.8. The Hall–Kier alpha value is -2.11. The molecule has 2 unspecified atom stereocenters. The van der Waals surface area contributed by atoms with Crippen LogP contribution in [0.2, 0.25) is 0 Å². The molecule has 0 radical (unpaired) electrons. The van der Waals surface area contributed by atoms with E-state index in [1.165, 1.54) is 20.0 Å². The molecule has 4 aliphatic rings. The molecule has 6 heteroatoms. The van der Waals surface area contributed by atoms with Gasteiger partial charge in [0.15, 0.2) is 0 Å². The van der Waals surface area contributed by atoms with Gasteiger partial charge in [0, 0.05) is 29.8 Å². The quantitative estimate of drug-likeness (QED) is 0.707. The van der Waals surface area contributed by atoms with Crippen molar-refractivity contribution in [2.75, 3.05) is 7.11 Å². The van der Waals surface area contributed by atoms with E-state index in [1.54, 1.807) is 0 Å². The first kappa shape index (κ1) is 21.7. The standard InChI is InChI=1S/C26H37N3O3/c1-5-20(24(31)32-4)28-23(30)19-8-7-17-16-6-9-21-26(3,18(16)10-12-25(17,19)2)13-11-22-27-14-15-29(21)22/h11,13-21H,5-10,12H2,1-4H3,(H,28,30)/t16-,17-,18-,19+,20?,21?,25-,26+/m0/s1. The van der Waals surface area contributed by atoms with E-state index in [9.17, 15) is 9.59 Å². The molecule has 0 spiro atoms. The van der Waals surface area contributed by atoms with Crippen LogP contribution in [0, 0.1) is 34.5 Å². The molecule has 3 aliphatic carbocycles. The van der Waals surface area contributed by atoms with Crippen LogP contribution in [0.25, 0.3) is 6.08 Å². The van der Waals surface area contributed by atoms with Gasteiger partial charge in [-0.05, 0) is 74.2 Å². The van der Waals surface area contributed by atoms with Gasteiger partial charge in [0.1, 0.15) is 11.9 Å². The number of rotatable bonds is 4. The van der Waals surface area contributed by atoms with Crippen LogP contribution in [-0.4, -0.2) is 34.6 Å². The highest BCUT2D eigenvalue weighted by atomic mass is 16.5. The van der Waals surface area contributed by atoms with E-state index in [0.717, 1.165) is 31.5 Å². The number of nitrogens with zero attached hydrogens (tertiary/aromatic N) is 2. The van der Waals surface area contributed by atoms with Gasteiger partial charge in [-0.25, -0.2) is 9.78 Å². The van der Waals surface area contributed by atoms with Gasteiger partial charge in [-0.2, -0.15) is 0 Å². The molecule has 0 bridgehead atoms. The van der Waals surface area contributed by atoms with Crippen molar-refractivity contribution in [3.63, 3.8) is 0 Å². The molecule has 3 fully saturated rings. The highest BCUT2D eigenvalue weighted by Gasteiger charge is 2.61. The van der Waals surface area contributed by atoms with Crippen LogP contribution < -0.4 is 5.32 Å². The van der Waals surface area contributed by atoms with Gasteiger partial charge < -0.3 is 14.6 Å². The van der Waals surface area contributed by atoms with Crippen LogP contribution >= 0.6 is 0 Å². The smallest absolute Gasteiger partial charge is 0.328 e. The van der Waals surface area contributed by atoms with E-state index in [2.05, 4.69) is 47.1 Å². The molecule has 6 nitrogen and oxygen atoms in total. The lowest BCUT2D eigenvalue weighted by atomic mass is 9.48. The maximum absolute atomic E-state index is 13.3. The molecule has 3 saturated carbocycles. The second kappa shape index (κ2) is 7.74. The van der Waals surface area contributed by atoms with E-state index in [1.807, 2.05) is 13.1 Å². The summed E-state index contributed by atoms with van der Waals surface area (Å²) < 4.78 is 7.28. The SMILES string of the molecule is CCC(NC(=O)[C@H]1CC[C@H]2[C@@H]3CCC4n5ccnc5C=C[C@]4(C)[C@H]3CC[C@]12C)C(=O)OC. The lowest BCUT2D eigenvalue weighted by Gasteiger charge is -2.59. The monoisotopic (exact) mass is 439 g/mol. The van der Waals surface area contributed by atoms with Crippen LogP contribution in [-0.2, 0) is 14.3 Å². The molecule has 2 heterocycles. The molecule has 5 rings (SSSR count). The molecule has 1 aliphatic heterocycles. The molecule has 1 aromatic rings.